The number of carbonyl (C=O) groups excluding carboxylic acids is 2. The molecule has 0 bridgehead atoms. The molecule has 1 unspecified atom stereocenters. The highest BCUT2D eigenvalue weighted by Crippen LogP contribution is 2.19. The second-order valence-electron chi connectivity index (χ2n) is 5.38. The Morgan fingerprint density at radius 3 is 2.40 bits per heavy atom. The third kappa shape index (κ3) is 4.43. The number of hydrogen-bond donors (Lipinski definition) is 3. The SMILES string of the molecule is CC(C)(CO)C(O)C(=O)NCCC(=O)c1ccccc1. The molecule has 0 aliphatic heterocycles. The molecule has 0 heterocycles. The predicted octanol–water partition coefficient (Wildman–Crippen LogP) is 0.755. The van der Waals surface area contributed by atoms with Gasteiger partial charge in [0.1, 0.15) is 6.10 Å². The van der Waals surface area contributed by atoms with Crippen molar-refractivity contribution in [2.45, 2.75) is 26.4 Å². The van der Waals surface area contributed by atoms with Gasteiger partial charge in [0.15, 0.2) is 5.78 Å². The average molecular weight is 279 g/mol. The van der Waals surface area contributed by atoms with E-state index in [9.17, 15) is 14.7 Å². The van der Waals surface area contributed by atoms with Gasteiger partial charge in [-0.15, -0.1) is 0 Å². The van der Waals surface area contributed by atoms with Crippen LogP contribution in [0.2, 0.25) is 0 Å². The lowest BCUT2D eigenvalue weighted by Gasteiger charge is -2.27. The number of benzene rings is 1. The maximum Gasteiger partial charge on any atom is 0.249 e. The number of ketones is 1. The summed E-state index contributed by atoms with van der Waals surface area (Å²) in [6.45, 7) is 3.04. The van der Waals surface area contributed by atoms with Crippen LogP contribution in [0.3, 0.4) is 0 Å². The molecular formula is C15H21NO4. The fourth-order valence-electron chi connectivity index (χ4n) is 1.61. The molecule has 0 aliphatic rings. The Hall–Kier alpha value is -1.72. The highest BCUT2D eigenvalue weighted by molar-refractivity contribution is 5.96. The number of rotatable bonds is 7. The number of amides is 1. The Labute approximate surface area is 118 Å². The van der Waals surface area contributed by atoms with E-state index in [1.807, 2.05) is 6.07 Å². The van der Waals surface area contributed by atoms with Crippen molar-refractivity contribution < 1.29 is 19.8 Å². The third-order valence-corrected chi connectivity index (χ3v) is 3.14. The van der Waals surface area contributed by atoms with E-state index in [1.54, 1.807) is 38.1 Å². The fourth-order valence-corrected chi connectivity index (χ4v) is 1.61. The Morgan fingerprint density at radius 1 is 1.25 bits per heavy atom. The van der Waals surface area contributed by atoms with Crippen LogP contribution in [0.1, 0.15) is 30.6 Å². The summed E-state index contributed by atoms with van der Waals surface area (Å²) in [5.74, 6) is -0.647. The summed E-state index contributed by atoms with van der Waals surface area (Å²) in [5, 5.41) is 21.4. The van der Waals surface area contributed by atoms with Crippen LogP contribution in [-0.2, 0) is 4.79 Å². The van der Waals surface area contributed by atoms with E-state index in [2.05, 4.69) is 5.32 Å². The van der Waals surface area contributed by atoms with Gasteiger partial charge in [0.05, 0.1) is 6.61 Å². The van der Waals surface area contributed by atoms with E-state index in [0.29, 0.717) is 5.56 Å². The molecule has 1 aromatic carbocycles. The number of aliphatic hydroxyl groups is 2. The maximum absolute atomic E-state index is 11.8. The molecule has 3 N–H and O–H groups in total. The highest BCUT2D eigenvalue weighted by Gasteiger charge is 2.32. The standard InChI is InChI=1S/C15H21NO4/c1-15(2,10-17)13(19)14(20)16-9-8-12(18)11-6-4-3-5-7-11/h3-7,13,17,19H,8-10H2,1-2H3,(H,16,20). The molecule has 0 fully saturated rings. The van der Waals surface area contributed by atoms with Crippen molar-refractivity contribution in [2.24, 2.45) is 5.41 Å². The van der Waals surface area contributed by atoms with Crippen LogP contribution in [0.5, 0.6) is 0 Å². The zero-order valence-corrected chi connectivity index (χ0v) is 11.8. The monoisotopic (exact) mass is 279 g/mol. The van der Waals surface area contributed by atoms with Crippen LogP contribution in [0.15, 0.2) is 30.3 Å². The molecule has 1 aromatic rings. The minimum Gasteiger partial charge on any atom is -0.396 e. The van der Waals surface area contributed by atoms with Crippen molar-refractivity contribution in [3.05, 3.63) is 35.9 Å². The topological polar surface area (TPSA) is 86.6 Å². The molecular weight excluding hydrogens is 258 g/mol. The first kappa shape index (κ1) is 16.3. The van der Waals surface area contributed by atoms with Crippen molar-refractivity contribution in [3.63, 3.8) is 0 Å². The van der Waals surface area contributed by atoms with Gasteiger partial charge in [-0.2, -0.15) is 0 Å². The van der Waals surface area contributed by atoms with Crippen LogP contribution < -0.4 is 5.32 Å². The number of aliphatic hydroxyl groups excluding tert-OH is 2. The molecule has 1 rings (SSSR count). The van der Waals surface area contributed by atoms with Gasteiger partial charge in [0.25, 0.3) is 0 Å². The number of nitrogens with one attached hydrogen (secondary N) is 1. The van der Waals surface area contributed by atoms with Gasteiger partial charge in [-0.25, -0.2) is 0 Å². The van der Waals surface area contributed by atoms with E-state index in [4.69, 9.17) is 5.11 Å². The van der Waals surface area contributed by atoms with E-state index in [1.165, 1.54) is 0 Å². The molecule has 0 aromatic heterocycles. The molecule has 5 nitrogen and oxygen atoms in total. The zero-order valence-electron chi connectivity index (χ0n) is 11.8. The molecule has 0 saturated carbocycles. The Balaban J connectivity index is 2.41. The summed E-state index contributed by atoms with van der Waals surface area (Å²) in [6, 6.07) is 8.81. The molecule has 5 heteroatoms. The van der Waals surface area contributed by atoms with E-state index in [-0.39, 0.29) is 25.4 Å². The minimum absolute atomic E-state index is 0.0678. The molecule has 0 spiro atoms. The van der Waals surface area contributed by atoms with Gasteiger partial charge in [0, 0.05) is 23.9 Å². The summed E-state index contributed by atoms with van der Waals surface area (Å²) >= 11 is 0. The van der Waals surface area contributed by atoms with Crippen molar-refractivity contribution in [1.29, 1.82) is 0 Å². The second kappa shape index (κ2) is 7.17. The summed E-state index contributed by atoms with van der Waals surface area (Å²) < 4.78 is 0. The fraction of sp³-hybridized carbons (Fsp3) is 0.467. The Morgan fingerprint density at radius 2 is 1.85 bits per heavy atom. The number of hydrogen-bond acceptors (Lipinski definition) is 4. The van der Waals surface area contributed by atoms with Crippen molar-refractivity contribution in [3.8, 4) is 0 Å². The summed E-state index contributed by atoms with van der Waals surface area (Å²) in [7, 11) is 0. The number of carbonyl (C=O) groups is 2. The first-order valence-electron chi connectivity index (χ1n) is 6.53. The molecule has 1 amide bonds. The van der Waals surface area contributed by atoms with Crippen LogP contribution >= 0.6 is 0 Å². The number of Topliss-reactive ketones (excluding diaryl/α,β-unsaturated/α-hetero) is 1. The van der Waals surface area contributed by atoms with Gasteiger partial charge in [-0.3, -0.25) is 9.59 Å². The lowest BCUT2D eigenvalue weighted by atomic mass is 9.87. The van der Waals surface area contributed by atoms with Gasteiger partial charge >= 0.3 is 0 Å². The van der Waals surface area contributed by atoms with Gasteiger partial charge in [-0.1, -0.05) is 44.2 Å². The quantitative estimate of drug-likeness (QED) is 0.643. The molecule has 0 saturated heterocycles. The van der Waals surface area contributed by atoms with Gasteiger partial charge < -0.3 is 15.5 Å². The van der Waals surface area contributed by atoms with Crippen molar-refractivity contribution in [1.82, 2.24) is 5.32 Å². The smallest absolute Gasteiger partial charge is 0.249 e. The normalized spacial score (nSPS) is 12.8. The summed E-state index contributed by atoms with van der Waals surface area (Å²) in [4.78, 5) is 23.5. The van der Waals surface area contributed by atoms with Gasteiger partial charge in [-0.05, 0) is 0 Å². The predicted molar refractivity (Wildman–Crippen MR) is 75.3 cm³/mol. The molecule has 0 radical (unpaired) electrons. The largest absolute Gasteiger partial charge is 0.396 e. The van der Waals surface area contributed by atoms with Crippen molar-refractivity contribution >= 4 is 11.7 Å². The summed E-state index contributed by atoms with van der Waals surface area (Å²) in [6.07, 6.45) is -1.14. The van der Waals surface area contributed by atoms with Crippen LogP contribution in [0.25, 0.3) is 0 Å². The van der Waals surface area contributed by atoms with E-state index in [0.717, 1.165) is 0 Å². The first-order chi connectivity index (χ1) is 9.38. The third-order valence-electron chi connectivity index (χ3n) is 3.14. The lowest BCUT2D eigenvalue weighted by molar-refractivity contribution is -0.137. The van der Waals surface area contributed by atoms with Crippen LogP contribution in [0.4, 0.5) is 0 Å². The molecule has 110 valence electrons. The van der Waals surface area contributed by atoms with E-state index < -0.39 is 17.4 Å². The summed E-state index contributed by atoms with van der Waals surface area (Å²) in [5.41, 5.74) is -0.314. The average Bonchev–Trinajstić information content (AvgIpc) is 2.47. The Kier molecular flexibility index (Phi) is 5.85. The molecule has 1 atom stereocenters. The minimum atomic E-state index is -1.31. The lowest BCUT2D eigenvalue weighted by Crippen LogP contribution is -2.45. The van der Waals surface area contributed by atoms with Crippen molar-refractivity contribution in [2.75, 3.05) is 13.2 Å². The maximum atomic E-state index is 11.8. The van der Waals surface area contributed by atoms with E-state index >= 15 is 0 Å². The second-order valence-corrected chi connectivity index (χ2v) is 5.38. The zero-order chi connectivity index (χ0) is 15.2. The molecule has 20 heavy (non-hydrogen) atoms. The Bertz CT molecular complexity index is 456. The molecule has 0 aliphatic carbocycles. The van der Waals surface area contributed by atoms with Gasteiger partial charge in [0.2, 0.25) is 5.91 Å². The van der Waals surface area contributed by atoms with Crippen LogP contribution in [0, 0.1) is 5.41 Å². The van der Waals surface area contributed by atoms with Crippen LogP contribution in [-0.4, -0.2) is 41.2 Å². The highest BCUT2D eigenvalue weighted by atomic mass is 16.3. The first-order valence-corrected chi connectivity index (χ1v) is 6.53.